The number of rotatable bonds is 6. The van der Waals surface area contributed by atoms with Crippen LogP contribution in [0.3, 0.4) is 0 Å². The van der Waals surface area contributed by atoms with Gasteiger partial charge in [-0.2, -0.15) is 0 Å². The zero-order valence-corrected chi connectivity index (χ0v) is 14.4. The first kappa shape index (κ1) is 17.2. The van der Waals surface area contributed by atoms with E-state index < -0.39 is 10.0 Å². The van der Waals surface area contributed by atoms with Gasteiger partial charge in [0.2, 0.25) is 10.0 Å². The van der Waals surface area contributed by atoms with Crippen LogP contribution < -0.4 is 14.8 Å². The number of sulfonamides is 1. The van der Waals surface area contributed by atoms with Crippen LogP contribution in [0, 0.1) is 5.41 Å². The van der Waals surface area contributed by atoms with Gasteiger partial charge >= 0.3 is 0 Å². The molecule has 0 aliphatic carbocycles. The van der Waals surface area contributed by atoms with Crippen molar-refractivity contribution in [2.24, 2.45) is 5.41 Å². The molecule has 22 heavy (non-hydrogen) atoms. The van der Waals surface area contributed by atoms with Gasteiger partial charge < -0.3 is 10.1 Å². The minimum Gasteiger partial charge on any atom is -0.494 e. The van der Waals surface area contributed by atoms with Crippen LogP contribution in [0.5, 0.6) is 5.75 Å². The Morgan fingerprint density at radius 2 is 2.00 bits per heavy atom. The van der Waals surface area contributed by atoms with Gasteiger partial charge in [-0.3, -0.25) is 0 Å². The van der Waals surface area contributed by atoms with E-state index in [9.17, 15) is 8.42 Å². The summed E-state index contributed by atoms with van der Waals surface area (Å²) >= 11 is 0. The zero-order chi connectivity index (χ0) is 16.2. The quantitative estimate of drug-likeness (QED) is 0.840. The van der Waals surface area contributed by atoms with Crippen molar-refractivity contribution in [3.8, 4) is 5.75 Å². The Balaban J connectivity index is 2.01. The molecule has 0 spiro atoms. The Morgan fingerprint density at radius 1 is 1.32 bits per heavy atom. The van der Waals surface area contributed by atoms with E-state index in [1.54, 1.807) is 24.3 Å². The van der Waals surface area contributed by atoms with Gasteiger partial charge in [-0.05, 0) is 56.0 Å². The summed E-state index contributed by atoms with van der Waals surface area (Å²) in [6, 6.07) is 6.67. The molecule has 2 N–H and O–H groups in total. The van der Waals surface area contributed by atoms with Gasteiger partial charge in [0, 0.05) is 12.6 Å². The molecular weight excluding hydrogens is 300 g/mol. The van der Waals surface area contributed by atoms with E-state index in [4.69, 9.17) is 4.74 Å². The van der Waals surface area contributed by atoms with Crippen LogP contribution in [0.2, 0.25) is 0 Å². The van der Waals surface area contributed by atoms with Crippen LogP contribution in [0.25, 0.3) is 0 Å². The minimum atomic E-state index is -3.49. The third-order valence-corrected chi connectivity index (χ3v) is 5.69. The zero-order valence-electron chi connectivity index (χ0n) is 13.6. The molecule has 6 heteroatoms. The van der Waals surface area contributed by atoms with Crippen LogP contribution in [0.4, 0.5) is 0 Å². The number of hydrogen-bond acceptors (Lipinski definition) is 4. The lowest BCUT2D eigenvalue weighted by molar-refractivity contribution is 0.181. The monoisotopic (exact) mass is 326 g/mol. The van der Waals surface area contributed by atoms with E-state index in [0.717, 1.165) is 19.4 Å². The molecule has 5 nitrogen and oxygen atoms in total. The molecule has 1 unspecified atom stereocenters. The molecule has 1 aliphatic rings. The smallest absolute Gasteiger partial charge is 0.240 e. The van der Waals surface area contributed by atoms with E-state index in [-0.39, 0.29) is 16.4 Å². The maximum Gasteiger partial charge on any atom is 0.240 e. The Kier molecular flexibility index (Phi) is 5.47. The van der Waals surface area contributed by atoms with E-state index in [1.807, 2.05) is 6.92 Å². The fourth-order valence-corrected chi connectivity index (χ4v) is 3.82. The first-order valence-electron chi connectivity index (χ1n) is 7.81. The highest BCUT2D eigenvalue weighted by atomic mass is 32.2. The Labute approximate surface area is 133 Å². The second-order valence-corrected chi connectivity index (χ2v) is 8.12. The molecule has 124 valence electrons. The Bertz CT molecular complexity index is 582. The summed E-state index contributed by atoms with van der Waals surface area (Å²) in [5.41, 5.74) is 0.0968. The summed E-state index contributed by atoms with van der Waals surface area (Å²) < 4.78 is 32.8. The Morgan fingerprint density at radius 3 is 2.59 bits per heavy atom. The predicted octanol–water partition coefficient (Wildman–Crippen LogP) is 2.14. The van der Waals surface area contributed by atoms with Gasteiger partial charge in [-0.15, -0.1) is 0 Å². The highest BCUT2D eigenvalue weighted by Gasteiger charge is 2.32. The average molecular weight is 326 g/mol. The van der Waals surface area contributed by atoms with Crippen LogP contribution in [0.15, 0.2) is 29.2 Å². The summed E-state index contributed by atoms with van der Waals surface area (Å²) in [6.45, 7) is 8.16. The second-order valence-electron chi connectivity index (χ2n) is 6.36. The summed E-state index contributed by atoms with van der Waals surface area (Å²) in [4.78, 5) is 0.268. The number of piperidine rings is 1. The van der Waals surface area contributed by atoms with Crippen LogP contribution >= 0.6 is 0 Å². The topological polar surface area (TPSA) is 67.4 Å². The SMILES string of the molecule is CCOc1ccc(S(=O)(=O)NCC2NCCCC2(C)C)cc1. The van der Waals surface area contributed by atoms with Gasteiger partial charge in [0.1, 0.15) is 5.75 Å². The van der Waals surface area contributed by atoms with E-state index in [0.29, 0.717) is 18.9 Å². The summed E-state index contributed by atoms with van der Waals surface area (Å²) in [5.74, 6) is 0.677. The molecule has 0 amide bonds. The van der Waals surface area contributed by atoms with Gasteiger partial charge in [0.15, 0.2) is 0 Å². The first-order valence-corrected chi connectivity index (χ1v) is 9.29. The van der Waals surface area contributed by atoms with E-state index >= 15 is 0 Å². The lowest BCUT2D eigenvalue weighted by atomic mass is 9.78. The highest BCUT2D eigenvalue weighted by Crippen LogP contribution is 2.29. The normalized spacial score (nSPS) is 21.5. The number of hydrogen-bond donors (Lipinski definition) is 2. The molecule has 1 aromatic carbocycles. The molecule has 1 fully saturated rings. The van der Waals surface area contributed by atoms with Gasteiger partial charge in [-0.1, -0.05) is 13.8 Å². The molecule has 1 aliphatic heterocycles. The van der Waals surface area contributed by atoms with Crippen LogP contribution in [-0.2, 0) is 10.0 Å². The predicted molar refractivity (Wildman–Crippen MR) is 87.6 cm³/mol. The summed E-state index contributed by atoms with van der Waals surface area (Å²) in [7, 11) is -3.49. The molecule has 1 aromatic rings. The molecule has 0 bridgehead atoms. The fraction of sp³-hybridized carbons (Fsp3) is 0.625. The lowest BCUT2D eigenvalue weighted by Gasteiger charge is -2.39. The van der Waals surface area contributed by atoms with Crippen molar-refractivity contribution in [1.29, 1.82) is 0 Å². The van der Waals surface area contributed by atoms with Gasteiger partial charge in [0.25, 0.3) is 0 Å². The van der Waals surface area contributed by atoms with E-state index in [1.165, 1.54) is 0 Å². The third kappa shape index (κ3) is 4.21. The molecule has 0 radical (unpaired) electrons. The van der Waals surface area contributed by atoms with Crippen molar-refractivity contribution in [3.05, 3.63) is 24.3 Å². The second kappa shape index (κ2) is 6.98. The van der Waals surface area contributed by atoms with Crippen molar-refractivity contribution < 1.29 is 13.2 Å². The maximum absolute atomic E-state index is 12.4. The largest absolute Gasteiger partial charge is 0.494 e. The molecule has 0 aromatic heterocycles. The molecule has 0 saturated carbocycles. The van der Waals surface area contributed by atoms with Crippen molar-refractivity contribution in [2.45, 2.75) is 44.6 Å². The number of benzene rings is 1. The minimum absolute atomic E-state index is 0.0968. The summed E-state index contributed by atoms with van der Waals surface area (Å²) in [5, 5.41) is 3.41. The van der Waals surface area contributed by atoms with Crippen molar-refractivity contribution >= 4 is 10.0 Å². The molecule has 1 heterocycles. The summed E-state index contributed by atoms with van der Waals surface area (Å²) in [6.07, 6.45) is 2.24. The molecule has 2 rings (SSSR count). The first-order chi connectivity index (χ1) is 10.3. The lowest BCUT2D eigenvalue weighted by Crippen LogP contribution is -2.52. The molecule has 1 atom stereocenters. The van der Waals surface area contributed by atoms with E-state index in [2.05, 4.69) is 23.9 Å². The van der Waals surface area contributed by atoms with Crippen molar-refractivity contribution in [1.82, 2.24) is 10.0 Å². The fourth-order valence-electron chi connectivity index (χ4n) is 2.78. The van der Waals surface area contributed by atoms with Crippen LogP contribution in [-0.4, -0.2) is 34.2 Å². The Hall–Kier alpha value is -1.11. The van der Waals surface area contributed by atoms with Crippen molar-refractivity contribution in [2.75, 3.05) is 19.7 Å². The van der Waals surface area contributed by atoms with Crippen LogP contribution in [0.1, 0.15) is 33.6 Å². The number of ether oxygens (including phenoxy) is 1. The molecule has 1 saturated heterocycles. The highest BCUT2D eigenvalue weighted by molar-refractivity contribution is 7.89. The average Bonchev–Trinajstić information content (AvgIpc) is 2.47. The number of nitrogens with one attached hydrogen (secondary N) is 2. The van der Waals surface area contributed by atoms with Gasteiger partial charge in [-0.25, -0.2) is 13.1 Å². The third-order valence-electron chi connectivity index (χ3n) is 4.25. The maximum atomic E-state index is 12.4. The van der Waals surface area contributed by atoms with Gasteiger partial charge in [0.05, 0.1) is 11.5 Å². The molecular formula is C16H26N2O3S. The van der Waals surface area contributed by atoms with Crippen molar-refractivity contribution in [3.63, 3.8) is 0 Å². The standard InChI is InChI=1S/C16H26N2O3S/c1-4-21-13-6-8-14(9-7-13)22(19,20)18-12-15-16(2,3)10-5-11-17-15/h6-9,15,17-18H,4-5,10-12H2,1-3H3.